The van der Waals surface area contributed by atoms with E-state index in [1.54, 1.807) is 0 Å². The van der Waals surface area contributed by atoms with Gasteiger partial charge in [0.1, 0.15) is 0 Å². The Morgan fingerprint density at radius 2 is 1.41 bits per heavy atom. The molecule has 29 heavy (non-hydrogen) atoms. The van der Waals surface area contributed by atoms with Crippen molar-refractivity contribution in [1.29, 1.82) is 0 Å². The first-order valence-electron chi connectivity index (χ1n) is 9.78. The minimum atomic E-state index is -0.257. The fourth-order valence-corrected chi connectivity index (χ4v) is 4.69. The summed E-state index contributed by atoms with van der Waals surface area (Å²) in [5.41, 5.74) is 9.67. The van der Waals surface area contributed by atoms with Gasteiger partial charge in [-0.15, -0.1) is 0 Å². The topological polar surface area (TPSA) is 17.2 Å². The Labute approximate surface area is 171 Å². The summed E-state index contributed by atoms with van der Waals surface area (Å²) in [6.07, 6.45) is 1.89. The van der Waals surface area contributed by atoms with Gasteiger partial charge in [-0.05, 0) is 45.5 Å². The zero-order chi connectivity index (χ0) is 20.0. The van der Waals surface area contributed by atoms with Crippen molar-refractivity contribution in [2.75, 3.05) is 0 Å². The number of aromatic nitrogens is 1. The molecule has 4 aromatic rings. The maximum atomic E-state index is 7.65. The minimum absolute atomic E-state index is 0.257. The minimum Gasteiger partial charge on any atom is -0.256 e. The van der Waals surface area contributed by atoms with Crippen molar-refractivity contribution in [2.24, 2.45) is 0 Å². The second-order valence-corrected chi connectivity index (χ2v) is 7.96. The standard InChI is InChI=1S/C27H20N2/c1-27(2)25-20(21-12-8-14-23(28-3)26(21)27)11-7-13-22(25)24-17-19(15-16-29-24)18-9-5-4-6-10-18/h4-17H,1-2H3. The summed E-state index contributed by atoms with van der Waals surface area (Å²) in [7, 11) is 0. The van der Waals surface area contributed by atoms with E-state index in [2.05, 4.69) is 79.4 Å². The van der Waals surface area contributed by atoms with Gasteiger partial charge in [0, 0.05) is 17.2 Å². The van der Waals surface area contributed by atoms with Crippen molar-refractivity contribution in [3.8, 4) is 33.5 Å². The molecule has 0 saturated heterocycles. The lowest BCUT2D eigenvalue weighted by Gasteiger charge is -2.25. The van der Waals surface area contributed by atoms with Gasteiger partial charge < -0.3 is 0 Å². The highest BCUT2D eigenvalue weighted by molar-refractivity contribution is 5.91. The van der Waals surface area contributed by atoms with Crippen LogP contribution < -0.4 is 0 Å². The normalized spacial score (nSPS) is 13.4. The average Bonchev–Trinajstić information content (AvgIpc) is 3.02. The van der Waals surface area contributed by atoms with Gasteiger partial charge in [-0.3, -0.25) is 4.98 Å². The molecule has 1 heterocycles. The molecule has 0 amide bonds. The van der Waals surface area contributed by atoms with Crippen molar-refractivity contribution >= 4 is 5.69 Å². The molecule has 0 radical (unpaired) electrons. The molecule has 0 atom stereocenters. The van der Waals surface area contributed by atoms with Crippen LogP contribution in [0.4, 0.5) is 5.69 Å². The van der Waals surface area contributed by atoms with Crippen LogP contribution in [0.25, 0.3) is 38.4 Å². The second-order valence-electron chi connectivity index (χ2n) is 7.96. The Hall–Kier alpha value is -3.70. The Kier molecular flexibility index (Phi) is 3.86. The average molecular weight is 372 g/mol. The first-order valence-corrected chi connectivity index (χ1v) is 9.78. The summed E-state index contributed by atoms with van der Waals surface area (Å²) in [6, 6.07) is 27.1. The molecule has 2 heteroatoms. The summed E-state index contributed by atoms with van der Waals surface area (Å²) in [4.78, 5) is 8.53. The lowest BCUT2D eigenvalue weighted by Crippen LogP contribution is -2.16. The zero-order valence-electron chi connectivity index (χ0n) is 16.5. The third kappa shape index (κ3) is 2.59. The van der Waals surface area contributed by atoms with E-state index in [1.165, 1.54) is 22.3 Å². The quantitative estimate of drug-likeness (QED) is 0.338. The zero-order valence-corrected chi connectivity index (χ0v) is 16.5. The summed E-state index contributed by atoms with van der Waals surface area (Å²) in [5, 5.41) is 0. The van der Waals surface area contributed by atoms with Gasteiger partial charge >= 0.3 is 0 Å². The first-order chi connectivity index (χ1) is 14.1. The number of nitrogens with zero attached hydrogens (tertiary/aromatic N) is 2. The Morgan fingerprint density at radius 1 is 0.724 bits per heavy atom. The van der Waals surface area contributed by atoms with Crippen LogP contribution in [-0.4, -0.2) is 4.98 Å². The van der Waals surface area contributed by atoms with Crippen LogP contribution in [0.15, 0.2) is 85.1 Å². The van der Waals surface area contributed by atoms with Crippen molar-refractivity contribution in [3.63, 3.8) is 0 Å². The lowest BCUT2D eigenvalue weighted by molar-refractivity contribution is 0.664. The van der Waals surface area contributed by atoms with E-state index in [1.807, 2.05) is 24.4 Å². The molecule has 1 aliphatic rings. The maximum Gasteiger partial charge on any atom is 0.191 e. The van der Waals surface area contributed by atoms with Crippen LogP contribution in [0.5, 0.6) is 0 Å². The summed E-state index contributed by atoms with van der Waals surface area (Å²) >= 11 is 0. The summed E-state index contributed by atoms with van der Waals surface area (Å²) in [5.74, 6) is 0. The van der Waals surface area contributed by atoms with Gasteiger partial charge in [-0.2, -0.15) is 0 Å². The van der Waals surface area contributed by atoms with Crippen LogP contribution in [0.1, 0.15) is 25.0 Å². The van der Waals surface area contributed by atoms with Gasteiger partial charge in [0.05, 0.1) is 12.3 Å². The maximum absolute atomic E-state index is 7.65. The molecule has 0 fully saturated rings. The molecule has 1 aromatic heterocycles. The second kappa shape index (κ2) is 6.43. The molecule has 0 spiro atoms. The summed E-state index contributed by atoms with van der Waals surface area (Å²) < 4.78 is 0. The molecule has 0 N–H and O–H groups in total. The SMILES string of the molecule is [C-]#[N+]c1cccc2c1C(C)(C)c1c(-c3cc(-c4ccccc4)ccn3)cccc1-2. The van der Waals surface area contributed by atoms with Crippen molar-refractivity contribution in [1.82, 2.24) is 4.98 Å². The number of benzene rings is 3. The molecule has 138 valence electrons. The third-order valence-electron chi connectivity index (χ3n) is 5.91. The molecule has 0 aliphatic heterocycles. The summed E-state index contributed by atoms with van der Waals surface area (Å²) in [6.45, 7) is 12.1. The van der Waals surface area contributed by atoms with E-state index in [0.717, 1.165) is 28.1 Å². The van der Waals surface area contributed by atoms with Crippen LogP contribution in [0.3, 0.4) is 0 Å². The Morgan fingerprint density at radius 3 is 2.17 bits per heavy atom. The molecule has 0 unspecified atom stereocenters. The first kappa shape index (κ1) is 17.4. The van der Waals surface area contributed by atoms with Crippen LogP contribution in [0.2, 0.25) is 0 Å². The van der Waals surface area contributed by atoms with Crippen LogP contribution in [0, 0.1) is 6.57 Å². The van der Waals surface area contributed by atoms with Crippen molar-refractivity contribution in [2.45, 2.75) is 19.3 Å². The van der Waals surface area contributed by atoms with Gasteiger partial charge in [0.25, 0.3) is 0 Å². The molecule has 3 aromatic carbocycles. The fourth-order valence-electron chi connectivity index (χ4n) is 4.69. The van der Waals surface area contributed by atoms with E-state index in [0.29, 0.717) is 0 Å². The number of rotatable bonds is 2. The molecule has 1 aliphatic carbocycles. The van der Waals surface area contributed by atoms with Gasteiger partial charge in [-0.1, -0.05) is 80.6 Å². The van der Waals surface area contributed by atoms with Gasteiger partial charge in [-0.25, -0.2) is 4.85 Å². The van der Waals surface area contributed by atoms with E-state index in [9.17, 15) is 0 Å². The highest BCUT2D eigenvalue weighted by atomic mass is 14.7. The van der Waals surface area contributed by atoms with E-state index >= 15 is 0 Å². The van der Waals surface area contributed by atoms with Crippen molar-refractivity contribution < 1.29 is 0 Å². The molecule has 0 bridgehead atoms. The smallest absolute Gasteiger partial charge is 0.191 e. The van der Waals surface area contributed by atoms with Gasteiger partial charge in [0.15, 0.2) is 5.69 Å². The van der Waals surface area contributed by atoms with Gasteiger partial charge in [0.2, 0.25) is 0 Å². The molecule has 5 rings (SSSR count). The van der Waals surface area contributed by atoms with Crippen LogP contribution in [-0.2, 0) is 5.41 Å². The van der Waals surface area contributed by atoms with E-state index in [-0.39, 0.29) is 5.41 Å². The fraction of sp³-hybridized carbons (Fsp3) is 0.111. The molecule has 2 nitrogen and oxygen atoms in total. The van der Waals surface area contributed by atoms with Crippen LogP contribution >= 0.6 is 0 Å². The highest BCUT2D eigenvalue weighted by Crippen LogP contribution is 2.54. The number of fused-ring (bicyclic) bond motifs is 3. The molecular formula is C27H20N2. The number of pyridine rings is 1. The predicted molar refractivity (Wildman–Crippen MR) is 119 cm³/mol. The van der Waals surface area contributed by atoms with Crippen molar-refractivity contribution in [3.05, 3.63) is 108 Å². The number of hydrogen-bond acceptors (Lipinski definition) is 1. The Balaban J connectivity index is 1.74. The molecule has 0 saturated carbocycles. The molecular weight excluding hydrogens is 352 g/mol. The lowest BCUT2D eigenvalue weighted by atomic mass is 9.78. The Bertz CT molecular complexity index is 1280. The third-order valence-corrected chi connectivity index (χ3v) is 5.91. The van der Waals surface area contributed by atoms with E-state index < -0.39 is 0 Å². The largest absolute Gasteiger partial charge is 0.256 e. The van der Waals surface area contributed by atoms with E-state index in [4.69, 9.17) is 11.6 Å². The highest BCUT2D eigenvalue weighted by Gasteiger charge is 2.39. The number of hydrogen-bond donors (Lipinski definition) is 0. The predicted octanol–water partition coefficient (Wildman–Crippen LogP) is 7.27. The monoisotopic (exact) mass is 372 g/mol.